The van der Waals surface area contributed by atoms with Crippen molar-refractivity contribution in [3.05, 3.63) is 40.2 Å². The second-order valence-electron chi connectivity index (χ2n) is 2.61. The molecule has 5 heteroatoms. The van der Waals surface area contributed by atoms with Gasteiger partial charge in [0.25, 0.3) is 5.69 Å². The Morgan fingerprint density at radius 3 is 2.86 bits per heavy atom. The maximum Gasteiger partial charge on any atom is 0.287 e. The molecule has 1 rings (SSSR count). The zero-order valence-corrected chi connectivity index (χ0v) is 7.46. The molecule has 0 spiro atoms. The van der Waals surface area contributed by atoms with Gasteiger partial charge in [0, 0.05) is 12.7 Å². The van der Waals surface area contributed by atoms with Gasteiger partial charge in [-0.15, -0.1) is 0 Å². The van der Waals surface area contributed by atoms with Gasteiger partial charge in [-0.05, 0) is 18.6 Å². The van der Waals surface area contributed by atoms with Crippen LogP contribution < -0.4 is 0 Å². The number of pyridine rings is 1. The Kier molecular flexibility index (Phi) is 3.75. The third-order valence-electron chi connectivity index (χ3n) is 1.57. The minimum atomic E-state index is -0.492. The van der Waals surface area contributed by atoms with E-state index < -0.39 is 4.92 Å². The van der Waals surface area contributed by atoms with Gasteiger partial charge in [-0.2, -0.15) is 0 Å². The van der Waals surface area contributed by atoms with Crippen molar-refractivity contribution >= 4 is 11.8 Å². The summed E-state index contributed by atoms with van der Waals surface area (Å²) in [6, 6.07) is 2.96. The molecule has 0 bridgehead atoms. The highest BCUT2D eigenvalue weighted by Gasteiger charge is 2.02. The van der Waals surface area contributed by atoms with Crippen LogP contribution in [-0.4, -0.2) is 21.6 Å². The molecule has 0 fully saturated rings. The van der Waals surface area contributed by atoms with Crippen LogP contribution in [0.3, 0.4) is 0 Å². The second kappa shape index (κ2) is 5.08. The van der Waals surface area contributed by atoms with Crippen molar-refractivity contribution in [1.29, 1.82) is 0 Å². The van der Waals surface area contributed by atoms with Gasteiger partial charge in [0.1, 0.15) is 6.20 Å². The molecule has 0 aliphatic heterocycles. The zero-order valence-electron chi connectivity index (χ0n) is 7.46. The fourth-order valence-corrected chi connectivity index (χ4v) is 0.883. The number of aliphatic hydroxyl groups is 1. The lowest BCUT2D eigenvalue weighted by molar-refractivity contribution is -0.385. The first kappa shape index (κ1) is 10.3. The molecule has 0 amide bonds. The van der Waals surface area contributed by atoms with E-state index in [0.29, 0.717) is 12.1 Å². The first-order valence-electron chi connectivity index (χ1n) is 4.12. The number of aliphatic hydroxyl groups excluding tert-OH is 1. The highest BCUT2D eigenvalue weighted by molar-refractivity contribution is 5.46. The van der Waals surface area contributed by atoms with Crippen LogP contribution in [0.5, 0.6) is 0 Å². The molecule has 1 aromatic heterocycles. The Hall–Kier alpha value is -1.75. The molecule has 5 nitrogen and oxygen atoms in total. The van der Waals surface area contributed by atoms with Gasteiger partial charge in [-0.3, -0.25) is 10.1 Å². The average molecular weight is 194 g/mol. The van der Waals surface area contributed by atoms with Gasteiger partial charge in [0.05, 0.1) is 10.6 Å². The van der Waals surface area contributed by atoms with E-state index in [4.69, 9.17) is 5.11 Å². The normalized spacial score (nSPS) is 10.6. The lowest BCUT2D eigenvalue weighted by Gasteiger charge is -1.92. The van der Waals surface area contributed by atoms with Crippen LogP contribution in [-0.2, 0) is 0 Å². The van der Waals surface area contributed by atoms with Gasteiger partial charge in [0.15, 0.2) is 0 Å². The lowest BCUT2D eigenvalue weighted by Crippen LogP contribution is -1.89. The summed E-state index contributed by atoms with van der Waals surface area (Å²) >= 11 is 0. The summed E-state index contributed by atoms with van der Waals surface area (Å²) in [5, 5.41) is 18.8. The molecule has 0 aromatic carbocycles. The van der Waals surface area contributed by atoms with Crippen molar-refractivity contribution < 1.29 is 10.0 Å². The van der Waals surface area contributed by atoms with Crippen molar-refractivity contribution in [2.45, 2.75) is 6.42 Å². The van der Waals surface area contributed by atoms with Crippen LogP contribution in [0, 0.1) is 10.1 Å². The SMILES string of the molecule is O=[N+]([O-])c1ccc(C=CCCO)nc1. The van der Waals surface area contributed by atoms with E-state index in [1.54, 1.807) is 18.2 Å². The Balaban J connectivity index is 2.68. The molecular formula is C9H10N2O3. The smallest absolute Gasteiger partial charge is 0.287 e. The van der Waals surface area contributed by atoms with E-state index in [2.05, 4.69) is 4.98 Å². The Morgan fingerprint density at radius 2 is 2.36 bits per heavy atom. The standard InChI is InChI=1S/C9H10N2O3/c12-6-2-1-3-8-4-5-9(7-10-8)11(13)14/h1,3-5,7,12H,2,6H2. The highest BCUT2D eigenvalue weighted by atomic mass is 16.6. The summed E-state index contributed by atoms with van der Waals surface area (Å²) in [5.74, 6) is 0. The van der Waals surface area contributed by atoms with E-state index in [0.717, 1.165) is 0 Å². The summed E-state index contributed by atoms with van der Waals surface area (Å²) in [6.45, 7) is 0.0868. The maximum atomic E-state index is 10.3. The van der Waals surface area contributed by atoms with Crippen LogP contribution in [0.15, 0.2) is 24.4 Å². The minimum Gasteiger partial charge on any atom is -0.396 e. The van der Waals surface area contributed by atoms with Crippen molar-refractivity contribution in [1.82, 2.24) is 4.98 Å². The number of hydrogen-bond donors (Lipinski definition) is 1. The van der Waals surface area contributed by atoms with Crippen molar-refractivity contribution in [3.63, 3.8) is 0 Å². The Labute approximate surface area is 80.9 Å². The minimum absolute atomic E-state index is 0.0238. The summed E-state index contributed by atoms with van der Waals surface area (Å²) < 4.78 is 0. The summed E-state index contributed by atoms with van der Waals surface area (Å²) in [7, 11) is 0. The molecule has 1 aromatic rings. The number of aromatic nitrogens is 1. The van der Waals surface area contributed by atoms with Crippen LogP contribution in [0.4, 0.5) is 5.69 Å². The third-order valence-corrected chi connectivity index (χ3v) is 1.57. The van der Waals surface area contributed by atoms with E-state index in [9.17, 15) is 10.1 Å². The first-order valence-corrected chi connectivity index (χ1v) is 4.12. The summed E-state index contributed by atoms with van der Waals surface area (Å²) in [5.41, 5.74) is 0.619. The molecule has 1 N–H and O–H groups in total. The Bertz CT molecular complexity index is 332. The van der Waals surface area contributed by atoms with Crippen molar-refractivity contribution in [3.8, 4) is 0 Å². The van der Waals surface area contributed by atoms with E-state index in [-0.39, 0.29) is 12.3 Å². The quantitative estimate of drug-likeness (QED) is 0.580. The predicted molar refractivity (Wildman–Crippen MR) is 51.6 cm³/mol. The second-order valence-corrected chi connectivity index (χ2v) is 2.61. The number of nitro groups is 1. The molecule has 0 saturated carbocycles. The number of hydrogen-bond acceptors (Lipinski definition) is 4. The topological polar surface area (TPSA) is 76.3 Å². The molecular weight excluding hydrogens is 184 g/mol. The third kappa shape index (κ3) is 2.95. The first-order chi connectivity index (χ1) is 6.74. The summed E-state index contributed by atoms with van der Waals surface area (Å²) in [6.07, 6.45) is 5.23. The monoisotopic (exact) mass is 194 g/mol. The van der Waals surface area contributed by atoms with Crippen LogP contribution in [0.25, 0.3) is 6.08 Å². The van der Waals surface area contributed by atoms with Gasteiger partial charge in [0.2, 0.25) is 0 Å². The number of nitrogens with zero attached hydrogens (tertiary/aromatic N) is 2. The molecule has 1 heterocycles. The molecule has 0 unspecified atom stereocenters. The van der Waals surface area contributed by atoms with Crippen LogP contribution >= 0.6 is 0 Å². The van der Waals surface area contributed by atoms with Crippen LogP contribution in [0.1, 0.15) is 12.1 Å². The van der Waals surface area contributed by atoms with Crippen molar-refractivity contribution in [2.24, 2.45) is 0 Å². The van der Waals surface area contributed by atoms with Gasteiger partial charge < -0.3 is 5.11 Å². The van der Waals surface area contributed by atoms with Crippen LogP contribution in [0.2, 0.25) is 0 Å². The Morgan fingerprint density at radius 1 is 1.57 bits per heavy atom. The van der Waals surface area contributed by atoms with E-state index >= 15 is 0 Å². The van der Waals surface area contributed by atoms with Gasteiger partial charge >= 0.3 is 0 Å². The molecule has 0 radical (unpaired) electrons. The fraction of sp³-hybridized carbons (Fsp3) is 0.222. The molecule has 0 atom stereocenters. The molecule has 14 heavy (non-hydrogen) atoms. The zero-order chi connectivity index (χ0) is 10.4. The molecule has 74 valence electrons. The molecule has 0 aliphatic carbocycles. The predicted octanol–water partition coefficient (Wildman–Crippen LogP) is 1.39. The van der Waals surface area contributed by atoms with E-state index in [1.807, 2.05) is 0 Å². The average Bonchev–Trinajstić information content (AvgIpc) is 2.19. The van der Waals surface area contributed by atoms with Gasteiger partial charge in [-0.25, -0.2) is 4.98 Å². The number of rotatable bonds is 4. The highest BCUT2D eigenvalue weighted by Crippen LogP contribution is 2.09. The van der Waals surface area contributed by atoms with Crippen molar-refractivity contribution in [2.75, 3.05) is 6.61 Å². The molecule has 0 aliphatic rings. The summed E-state index contributed by atoms with van der Waals surface area (Å²) in [4.78, 5) is 13.7. The maximum absolute atomic E-state index is 10.3. The molecule has 0 saturated heterocycles. The lowest BCUT2D eigenvalue weighted by atomic mass is 10.3. The fourth-order valence-electron chi connectivity index (χ4n) is 0.883. The van der Waals surface area contributed by atoms with Gasteiger partial charge in [-0.1, -0.05) is 6.08 Å². The van der Waals surface area contributed by atoms with E-state index in [1.165, 1.54) is 12.3 Å². The largest absolute Gasteiger partial charge is 0.396 e.